The maximum atomic E-state index is 11.3. The largest absolute Gasteiger partial charge is 0.495 e. The van der Waals surface area contributed by atoms with Crippen LogP contribution < -0.4 is 10.1 Å². The number of hydrogen-bond acceptors (Lipinski definition) is 6. The zero-order chi connectivity index (χ0) is 15.4. The second-order valence-corrected chi connectivity index (χ2v) is 4.61. The Bertz CT molecular complexity index is 659. The SMILES string of the molecule is COC(=O)c1cnc(Nc2cc(C)c(Cl)cc2OC)cn1. The van der Waals surface area contributed by atoms with Gasteiger partial charge < -0.3 is 14.8 Å². The molecule has 7 heteroatoms. The predicted octanol–water partition coefficient (Wildman–Crippen LogP) is 2.98. The van der Waals surface area contributed by atoms with Crippen molar-refractivity contribution in [2.24, 2.45) is 0 Å². The van der Waals surface area contributed by atoms with E-state index in [0.717, 1.165) is 5.56 Å². The number of halogens is 1. The Morgan fingerprint density at radius 1 is 1.24 bits per heavy atom. The number of hydrogen-bond donors (Lipinski definition) is 1. The number of esters is 1. The molecule has 0 atom stereocenters. The zero-order valence-electron chi connectivity index (χ0n) is 11.8. The van der Waals surface area contributed by atoms with Crippen LogP contribution in [0.1, 0.15) is 16.1 Å². The van der Waals surface area contributed by atoms with Gasteiger partial charge in [-0.05, 0) is 18.6 Å². The van der Waals surface area contributed by atoms with Crippen molar-refractivity contribution < 1.29 is 14.3 Å². The zero-order valence-corrected chi connectivity index (χ0v) is 12.6. The molecule has 0 spiro atoms. The quantitative estimate of drug-likeness (QED) is 0.875. The summed E-state index contributed by atoms with van der Waals surface area (Å²) in [7, 11) is 2.84. The van der Waals surface area contributed by atoms with Gasteiger partial charge in [0, 0.05) is 11.1 Å². The first-order chi connectivity index (χ1) is 10.0. The number of carbonyl (C=O) groups is 1. The maximum absolute atomic E-state index is 11.3. The lowest BCUT2D eigenvalue weighted by atomic mass is 10.2. The molecule has 1 heterocycles. The van der Waals surface area contributed by atoms with Gasteiger partial charge in [0.2, 0.25) is 0 Å². The Balaban J connectivity index is 2.26. The number of ether oxygens (including phenoxy) is 2. The average Bonchev–Trinajstić information content (AvgIpc) is 2.50. The summed E-state index contributed by atoms with van der Waals surface area (Å²) in [6.07, 6.45) is 2.78. The van der Waals surface area contributed by atoms with Gasteiger partial charge in [-0.1, -0.05) is 11.6 Å². The summed E-state index contributed by atoms with van der Waals surface area (Å²) in [5.41, 5.74) is 1.75. The molecular formula is C14H14ClN3O3. The molecule has 0 aliphatic heterocycles. The molecule has 110 valence electrons. The summed E-state index contributed by atoms with van der Waals surface area (Å²) in [4.78, 5) is 19.4. The average molecular weight is 308 g/mol. The lowest BCUT2D eigenvalue weighted by molar-refractivity contribution is 0.0593. The topological polar surface area (TPSA) is 73.3 Å². The molecule has 21 heavy (non-hydrogen) atoms. The molecule has 1 aromatic carbocycles. The van der Waals surface area contributed by atoms with E-state index in [-0.39, 0.29) is 5.69 Å². The first-order valence-electron chi connectivity index (χ1n) is 6.06. The van der Waals surface area contributed by atoms with Crippen molar-refractivity contribution in [2.45, 2.75) is 6.92 Å². The van der Waals surface area contributed by atoms with Gasteiger partial charge >= 0.3 is 5.97 Å². The van der Waals surface area contributed by atoms with E-state index in [1.807, 2.05) is 13.0 Å². The lowest BCUT2D eigenvalue weighted by Crippen LogP contribution is -2.06. The van der Waals surface area contributed by atoms with E-state index in [0.29, 0.717) is 22.3 Å². The summed E-state index contributed by atoms with van der Waals surface area (Å²) >= 11 is 6.05. The number of carbonyl (C=O) groups excluding carboxylic acids is 1. The molecule has 0 radical (unpaired) electrons. The van der Waals surface area contributed by atoms with E-state index in [2.05, 4.69) is 20.0 Å². The Labute approximate surface area is 127 Å². The van der Waals surface area contributed by atoms with Crippen molar-refractivity contribution in [1.29, 1.82) is 0 Å². The highest BCUT2D eigenvalue weighted by molar-refractivity contribution is 6.31. The highest BCUT2D eigenvalue weighted by atomic mass is 35.5. The van der Waals surface area contributed by atoms with Gasteiger partial charge in [-0.15, -0.1) is 0 Å². The molecule has 2 aromatic rings. The standard InChI is InChI=1S/C14H14ClN3O3/c1-8-4-10(12(20-2)5-9(8)15)18-13-7-16-11(6-17-13)14(19)21-3/h4-7H,1-3H3,(H,17,18). The fourth-order valence-corrected chi connectivity index (χ4v) is 1.82. The Kier molecular flexibility index (Phi) is 4.59. The summed E-state index contributed by atoms with van der Waals surface area (Å²) in [5.74, 6) is 0.529. The van der Waals surface area contributed by atoms with Crippen LogP contribution in [0.15, 0.2) is 24.5 Å². The molecule has 0 aliphatic carbocycles. The van der Waals surface area contributed by atoms with Crippen molar-refractivity contribution in [3.05, 3.63) is 40.8 Å². The van der Waals surface area contributed by atoms with Crippen LogP contribution in [0.2, 0.25) is 5.02 Å². The van der Waals surface area contributed by atoms with Crippen molar-refractivity contribution in [2.75, 3.05) is 19.5 Å². The van der Waals surface area contributed by atoms with Crippen LogP contribution in [0.25, 0.3) is 0 Å². The Hall–Kier alpha value is -2.34. The van der Waals surface area contributed by atoms with E-state index < -0.39 is 5.97 Å². The molecule has 0 amide bonds. The van der Waals surface area contributed by atoms with Crippen LogP contribution in [0.4, 0.5) is 11.5 Å². The van der Waals surface area contributed by atoms with Crippen LogP contribution in [-0.2, 0) is 4.74 Å². The third-order valence-corrected chi connectivity index (χ3v) is 3.20. The van der Waals surface area contributed by atoms with Gasteiger partial charge in [0.05, 0.1) is 32.3 Å². The van der Waals surface area contributed by atoms with Gasteiger partial charge in [-0.2, -0.15) is 0 Å². The van der Waals surface area contributed by atoms with E-state index in [9.17, 15) is 4.79 Å². The number of methoxy groups -OCH3 is 2. The molecule has 0 bridgehead atoms. The summed E-state index contributed by atoms with van der Waals surface area (Å²) in [6.45, 7) is 1.89. The normalized spacial score (nSPS) is 10.1. The number of rotatable bonds is 4. The van der Waals surface area contributed by atoms with Gasteiger partial charge in [0.15, 0.2) is 5.69 Å². The number of anilines is 2. The second kappa shape index (κ2) is 6.41. The molecule has 0 aliphatic rings. The minimum Gasteiger partial charge on any atom is -0.495 e. The first-order valence-corrected chi connectivity index (χ1v) is 6.44. The van der Waals surface area contributed by atoms with Crippen molar-refractivity contribution in [3.8, 4) is 5.75 Å². The van der Waals surface area contributed by atoms with Gasteiger partial charge in [0.1, 0.15) is 11.6 Å². The minimum absolute atomic E-state index is 0.141. The molecule has 0 saturated carbocycles. The number of nitrogens with zero attached hydrogens (tertiary/aromatic N) is 2. The lowest BCUT2D eigenvalue weighted by Gasteiger charge is -2.12. The van der Waals surface area contributed by atoms with Crippen molar-refractivity contribution >= 4 is 29.1 Å². The number of aromatic nitrogens is 2. The van der Waals surface area contributed by atoms with Crippen LogP contribution in [0, 0.1) is 6.92 Å². The highest BCUT2D eigenvalue weighted by Gasteiger charge is 2.10. The van der Waals surface area contributed by atoms with Crippen LogP contribution >= 0.6 is 11.6 Å². The monoisotopic (exact) mass is 307 g/mol. The van der Waals surface area contributed by atoms with Crippen LogP contribution in [0.3, 0.4) is 0 Å². The highest BCUT2D eigenvalue weighted by Crippen LogP contribution is 2.32. The molecule has 0 saturated heterocycles. The van der Waals surface area contributed by atoms with E-state index in [4.69, 9.17) is 16.3 Å². The fraction of sp³-hybridized carbons (Fsp3) is 0.214. The summed E-state index contributed by atoms with van der Waals surface area (Å²) in [5, 5.41) is 3.68. The molecule has 1 aromatic heterocycles. The smallest absolute Gasteiger partial charge is 0.358 e. The third-order valence-electron chi connectivity index (χ3n) is 2.79. The third kappa shape index (κ3) is 3.41. The fourth-order valence-electron chi connectivity index (χ4n) is 1.67. The van der Waals surface area contributed by atoms with Gasteiger partial charge in [-0.3, -0.25) is 0 Å². The summed E-state index contributed by atoms with van der Waals surface area (Å²) < 4.78 is 9.83. The number of aryl methyl sites for hydroxylation is 1. The van der Waals surface area contributed by atoms with E-state index in [1.54, 1.807) is 13.2 Å². The molecule has 0 unspecified atom stereocenters. The molecule has 6 nitrogen and oxygen atoms in total. The van der Waals surface area contributed by atoms with Gasteiger partial charge in [0.25, 0.3) is 0 Å². The summed E-state index contributed by atoms with van der Waals surface area (Å²) in [6, 6.07) is 3.56. The molecular weight excluding hydrogens is 294 g/mol. The first kappa shape index (κ1) is 15.1. The molecule has 1 N–H and O–H groups in total. The molecule has 0 fully saturated rings. The van der Waals surface area contributed by atoms with Crippen molar-refractivity contribution in [3.63, 3.8) is 0 Å². The number of nitrogens with one attached hydrogen (secondary N) is 1. The number of benzene rings is 1. The predicted molar refractivity (Wildman–Crippen MR) is 79.4 cm³/mol. The van der Waals surface area contributed by atoms with E-state index >= 15 is 0 Å². The second-order valence-electron chi connectivity index (χ2n) is 4.21. The van der Waals surface area contributed by atoms with Crippen molar-refractivity contribution in [1.82, 2.24) is 9.97 Å². The minimum atomic E-state index is -0.533. The van der Waals surface area contributed by atoms with Crippen LogP contribution in [0.5, 0.6) is 5.75 Å². The molecule has 2 rings (SSSR count). The van der Waals surface area contributed by atoms with E-state index in [1.165, 1.54) is 19.5 Å². The Morgan fingerprint density at radius 3 is 2.57 bits per heavy atom. The van der Waals surface area contributed by atoms with Crippen LogP contribution in [-0.4, -0.2) is 30.2 Å². The maximum Gasteiger partial charge on any atom is 0.358 e. The van der Waals surface area contributed by atoms with Gasteiger partial charge in [-0.25, -0.2) is 14.8 Å². The Morgan fingerprint density at radius 2 is 2.00 bits per heavy atom.